The van der Waals surface area contributed by atoms with Crippen molar-refractivity contribution in [3.05, 3.63) is 17.7 Å². The minimum absolute atomic E-state index is 0. The summed E-state index contributed by atoms with van der Waals surface area (Å²) in [6.07, 6.45) is 3.15. The summed E-state index contributed by atoms with van der Waals surface area (Å²) in [5, 5.41) is 3.19. The van der Waals surface area contributed by atoms with E-state index >= 15 is 0 Å². The molecule has 8 heteroatoms. The van der Waals surface area contributed by atoms with E-state index in [0.29, 0.717) is 30.7 Å². The molecule has 0 radical (unpaired) electrons. The van der Waals surface area contributed by atoms with Gasteiger partial charge in [0.2, 0.25) is 0 Å². The summed E-state index contributed by atoms with van der Waals surface area (Å²) in [5.74, 6) is 2.67. The molecule has 1 aliphatic rings. The zero-order valence-corrected chi connectivity index (χ0v) is 19.1. The van der Waals surface area contributed by atoms with Crippen LogP contribution < -0.4 is 25.3 Å². The van der Waals surface area contributed by atoms with Gasteiger partial charge in [0.25, 0.3) is 0 Å². The number of likely N-dealkylation sites (N-methyl/N-ethyl adjacent to an activating group) is 1. The Morgan fingerprint density at radius 3 is 2.44 bits per heavy atom. The van der Waals surface area contributed by atoms with E-state index in [1.807, 2.05) is 12.1 Å². The van der Waals surface area contributed by atoms with E-state index in [-0.39, 0.29) is 24.0 Å². The topological polar surface area (TPSA) is 81.3 Å². The third-order valence-corrected chi connectivity index (χ3v) is 4.88. The number of hydrogen-bond acceptors (Lipinski definition) is 5. The van der Waals surface area contributed by atoms with Crippen molar-refractivity contribution in [2.75, 3.05) is 47.5 Å². The molecule has 3 N–H and O–H groups in total. The van der Waals surface area contributed by atoms with Crippen LogP contribution in [-0.4, -0.2) is 64.4 Å². The van der Waals surface area contributed by atoms with Crippen LogP contribution in [0.25, 0.3) is 0 Å². The highest BCUT2D eigenvalue weighted by atomic mass is 127. The molecule has 1 fully saturated rings. The number of ether oxygens (including phenoxy) is 3. The van der Waals surface area contributed by atoms with Crippen LogP contribution in [0.3, 0.4) is 0 Å². The summed E-state index contributed by atoms with van der Waals surface area (Å²) in [4.78, 5) is 6.97. The molecule has 1 heterocycles. The van der Waals surface area contributed by atoms with Crippen LogP contribution in [0.5, 0.6) is 17.2 Å². The lowest BCUT2D eigenvalue weighted by molar-refractivity contribution is 0.273. The number of methoxy groups -OCH3 is 3. The number of halogens is 1. The van der Waals surface area contributed by atoms with Crippen LogP contribution in [0.15, 0.2) is 17.1 Å². The first-order valence-electron chi connectivity index (χ1n) is 9.19. The summed E-state index contributed by atoms with van der Waals surface area (Å²) >= 11 is 0. The van der Waals surface area contributed by atoms with Gasteiger partial charge in [0.15, 0.2) is 5.96 Å². The average Bonchev–Trinajstić information content (AvgIpc) is 3.13. The number of hydrogen-bond donors (Lipinski definition) is 2. The summed E-state index contributed by atoms with van der Waals surface area (Å²) < 4.78 is 16.2. The van der Waals surface area contributed by atoms with Gasteiger partial charge < -0.3 is 25.3 Å². The van der Waals surface area contributed by atoms with Gasteiger partial charge in [-0.05, 0) is 32.4 Å². The molecular formula is C19H33IN4O3. The maximum absolute atomic E-state index is 6.03. The normalized spacial score (nSPS) is 17.3. The zero-order chi connectivity index (χ0) is 18.9. The first-order valence-corrected chi connectivity index (χ1v) is 9.19. The fourth-order valence-electron chi connectivity index (χ4n) is 3.42. The number of nitrogens with two attached hydrogens (primary N) is 1. The molecule has 1 saturated heterocycles. The minimum atomic E-state index is 0. The fourth-order valence-corrected chi connectivity index (χ4v) is 3.42. The molecule has 7 nitrogen and oxygen atoms in total. The van der Waals surface area contributed by atoms with Gasteiger partial charge in [0, 0.05) is 30.3 Å². The number of guanidine groups is 1. The molecular weight excluding hydrogens is 459 g/mol. The van der Waals surface area contributed by atoms with Crippen molar-refractivity contribution in [2.45, 2.75) is 32.2 Å². The number of nitrogens with zero attached hydrogens (tertiary/aromatic N) is 2. The van der Waals surface area contributed by atoms with Crippen molar-refractivity contribution >= 4 is 29.9 Å². The summed E-state index contributed by atoms with van der Waals surface area (Å²) in [5.41, 5.74) is 7.00. The zero-order valence-electron chi connectivity index (χ0n) is 16.8. The molecule has 1 unspecified atom stereocenters. The SMILES string of the molecule is CCN1CCCC1CN=C(N)NCCc1c(OC)cc(OC)cc1OC.I. The Bertz CT molecular complexity index is 588. The molecule has 27 heavy (non-hydrogen) atoms. The summed E-state index contributed by atoms with van der Waals surface area (Å²) in [6, 6.07) is 4.23. The number of rotatable bonds is 9. The van der Waals surface area contributed by atoms with Crippen LogP contribution in [0.1, 0.15) is 25.3 Å². The first-order chi connectivity index (χ1) is 12.6. The van der Waals surface area contributed by atoms with E-state index in [4.69, 9.17) is 19.9 Å². The second-order valence-electron chi connectivity index (χ2n) is 6.34. The standard InChI is InChI=1S/C19H32N4O3.HI/c1-5-23-10-6-7-14(23)13-22-19(20)21-9-8-16-17(25-3)11-15(24-2)12-18(16)26-4;/h11-12,14H,5-10,13H2,1-4H3,(H3,20,21,22);1H. The predicted molar refractivity (Wildman–Crippen MR) is 120 cm³/mol. The van der Waals surface area contributed by atoms with E-state index in [0.717, 1.165) is 30.2 Å². The molecule has 0 saturated carbocycles. The molecule has 0 amide bonds. The maximum atomic E-state index is 6.03. The average molecular weight is 492 g/mol. The Kier molecular flexibility index (Phi) is 10.6. The van der Waals surface area contributed by atoms with Crippen LogP contribution in [-0.2, 0) is 6.42 Å². The van der Waals surface area contributed by atoms with Gasteiger partial charge >= 0.3 is 0 Å². The summed E-state index contributed by atoms with van der Waals surface area (Å²) in [6.45, 7) is 5.84. The minimum Gasteiger partial charge on any atom is -0.496 e. The van der Waals surface area contributed by atoms with Gasteiger partial charge in [0.1, 0.15) is 17.2 Å². The predicted octanol–water partition coefficient (Wildman–Crippen LogP) is 2.26. The lowest BCUT2D eigenvalue weighted by Gasteiger charge is -2.21. The molecule has 154 valence electrons. The van der Waals surface area contributed by atoms with Crippen molar-refractivity contribution < 1.29 is 14.2 Å². The monoisotopic (exact) mass is 492 g/mol. The fraction of sp³-hybridized carbons (Fsp3) is 0.632. The third kappa shape index (κ3) is 6.60. The quantitative estimate of drug-likeness (QED) is 0.313. The largest absolute Gasteiger partial charge is 0.496 e. The van der Waals surface area contributed by atoms with Crippen molar-refractivity contribution in [1.82, 2.24) is 10.2 Å². The second-order valence-corrected chi connectivity index (χ2v) is 6.34. The van der Waals surface area contributed by atoms with Crippen LogP contribution >= 0.6 is 24.0 Å². The third-order valence-electron chi connectivity index (χ3n) is 4.88. The Morgan fingerprint density at radius 1 is 1.22 bits per heavy atom. The van der Waals surface area contributed by atoms with Crippen molar-refractivity contribution in [2.24, 2.45) is 10.7 Å². The Balaban J connectivity index is 0.00000364. The van der Waals surface area contributed by atoms with Crippen molar-refractivity contribution in [3.63, 3.8) is 0 Å². The van der Waals surface area contributed by atoms with Crippen molar-refractivity contribution in [3.8, 4) is 17.2 Å². The molecule has 0 aliphatic carbocycles. The highest BCUT2D eigenvalue weighted by Gasteiger charge is 2.22. The summed E-state index contributed by atoms with van der Waals surface area (Å²) in [7, 11) is 4.90. The Hall–Kier alpha value is -1.42. The molecule has 0 spiro atoms. The van der Waals surface area contributed by atoms with Gasteiger partial charge in [-0.2, -0.15) is 0 Å². The van der Waals surface area contributed by atoms with E-state index < -0.39 is 0 Å². The molecule has 1 aromatic rings. The molecule has 0 bridgehead atoms. The second kappa shape index (κ2) is 12.1. The van der Waals surface area contributed by atoms with Crippen molar-refractivity contribution in [1.29, 1.82) is 0 Å². The van der Waals surface area contributed by atoms with Gasteiger partial charge in [0.05, 0.1) is 27.9 Å². The molecule has 1 aromatic carbocycles. The molecule has 0 aromatic heterocycles. The van der Waals surface area contributed by atoms with E-state index in [1.54, 1.807) is 21.3 Å². The molecule has 1 aliphatic heterocycles. The lowest BCUT2D eigenvalue weighted by atomic mass is 10.1. The Morgan fingerprint density at radius 2 is 1.89 bits per heavy atom. The van der Waals surface area contributed by atoms with Gasteiger partial charge in [-0.25, -0.2) is 0 Å². The smallest absolute Gasteiger partial charge is 0.188 e. The lowest BCUT2D eigenvalue weighted by Crippen LogP contribution is -2.36. The number of nitrogens with one attached hydrogen (secondary N) is 1. The van der Waals surface area contributed by atoms with Gasteiger partial charge in [-0.1, -0.05) is 6.92 Å². The van der Waals surface area contributed by atoms with Crippen LogP contribution in [0, 0.1) is 0 Å². The highest BCUT2D eigenvalue weighted by molar-refractivity contribution is 14.0. The number of likely N-dealkylation sites (tertiary alicyclic amines) is 1. The molecule has 2 rings (SSSR count). The van der Waals surface area contributed by atoms with Gasteiger partial charge in [-0.15, -0.1) is 24.0 Å². The number of benzene rings is 1. The van der Waals surface area contributed by atoms with E-state index in [9.17, 15) is 0 Å². The molecule has 1 atom stereocenters. The van der Waals surface area contributed by atoms with Crippen LogP contribution in [0.2, 0.25) is 0 Å². The highest BCUT2D eigenvalue weighted by Crippen LogP contribution is 2.34. The number of aliphatic imine (C=N–C) groups is 1. The van der Waals surface area contributed by atoms with E-state index in [2.05, 4.69) is 22.1 Å². The Labute approximate surface area is 179 Å². The van der Waals surface area contributed by atoms with Gasteiger partial charge in [-0.3, -0.25) is 9.89 Å². The first kappa shape index (κ1) is 23.6. The maximum Gasteiger partial charge on any atom is 0.188 e. The van der Waals surface area contributed by atoms with E-state index in [1.165, 1.54) is 19.4 Å². The van der Waals surface area contributed by atoms with Crippen LogP contribution in [0.4, 0.5) is 0 Å².